The Balaban J connectivity index is 2.10. The van der Waals surface area contributed by atoms with Gasteiger partial charge in [-0.25, -0.2) is 5.84 Å². The summed E-state index contributed by atoms with van der Waals surface area (Å²) in [5, 5.41) is 3.33. The minimum atomic E-state index is 0.196. The molecule has 1 aliphatic rings. The zero-order valence-electron chi connectivity index (χ0n) is 10.6. The molecule has 0 radical (unpaired) electrons. The molecule has 5 heteroatoms. The molecule has 18 heavy (non-hydrogen) atoms. The van der Waals surface area contributed by atoms with Gasteiger partial charge in [-0.3, -0.25) is 10.4 Å². The van der Waals surface area contributed by atoms with E-state index in [-0.39, 0.29) is 6.04 Å². The number of aliphatic imine (C=N–C) groups is 1. The molecule has 1 atom stereocenters. The molecule has 0 saturated heterocycles. The number of nitrogens with zero attached hydrogens (tertiary/aromatic N) is 1. The summed E-state index contributed by atoms with van der Waals surface area (Å²) in [6.07, 6.45) is 1.90. The van der Waals surface area contributed by atoms with Crippen molar-refractivity contribution in [2.75, 3.05) is 13.2 Å². The summed E-state index contributed by atoms with van der Waals surface area (Å²) < 4.78 is 5.62. The first kappa shape index (κ1) is 12.7. The van der Waals surface area contributed by atoms with E-state index in [1.54, 1.807) is 0 Å². The average molecular weight is 248 g/mol. The van der Waals surface area contributed by atoms with Gasteiger partial charge >= 0.3 is 0 Å². The van der Waals surface area contributed by atoms with E-state index in [2.05, 4.69) is 28.7 Å². The van der Waals surface area contributed by atoms with Gasteiger partial charge in [-0.05, 0) is 12.5 Å². The lowest BCUT2D eigenvalue weighted by molar-refractivity contribution is 0.261. The fraction of sp³-hybridized carbons (Fsp3) is 0.462. The Morgan fingerprint density at radius 1 is 1.50 bits per heavy atom. The molecule has 1 aromatic carbocycles. The first-order valence-corrected chi connectivity index (χ1v) is 6.34. The molecule has 0 fully saturated rings. The lowest BCUT2D eigenvalue weighted by atomic mass is 10.0. The number of nitrogens with two attached hydrogens (primary N) is 1. The van der Waals surface area contributed by atoms with Crippen LogP contribution in [0.25, 0.3) is 0 Å². The molecule has 2 rings (SSSR count). The zero-order chi connectivity index (χ0) is 12.8. The van der Waals surface area contributed by atoms with Crippen molar-refractivity contribution in [2.45, 2.75) is 25.8 Å². The third-order valence-electron chi connectivity index (χ3n) is 2.90. The molecule has 1 aliphatic heterocycles. The third-order valence-corrected chi connectivity index (χ3v) is 2.90. The Labute approximate surface area is 107 Å². The maximum atomic E-state index is 5.62. The molecule has 98 valence electrons. The van der Waals surface area contributed by atoms with Gasteiger partial charge in [0.1, 0.15) is 5.75 Å². The van der Waals surface area contributed by atoms with E-state index < -0.39 is 0 Å². The standard InChI is InChI=1S/C13H20N4O/c1-2-8-15-13(17-14)16-11-7-9-18-12-6-4-3-5-10(11)12/h3-6,11H,2,7-9,14H2,1H3,(H2,15,16,17). The zero-order valence-corrected chi connectivity index (χ0v) is 10.6. The van der Waals surface area contributed by atoms with Gasteiger partial charge in [-0.15, -0.1) is 0 Å². The number of guanidine groups is 1. The van der Waals surface area contributed by atoms with E-state index in [1.165, 1.54) is 0 Å². The van der Waals surface area contributed by atoms with E-state index in [0.717, 1.165) is 30.7 Å². The summed E-state index contributed by atoms with van der Waals surface area (Å²) in [6.45, 7) is 3.55. The Bertz CT molecular complexity index is 419. The largest absolute Gasteiger partial charge is 0.493 e. The van der Waals surface area contributed by atoms with Gasteiger partial charge in [0, 0.05) is 18.5 Å². The van der Waals surface area contributed by atoms with Gasteiger partial charge < -0.3 is 10.1 Å². The van der Waals surface area contributed by atoms with E-state index in [1.807, 2.05) is 18.2 Å². The van der Waals surface area contributed by atoms with Crippen LogP contribution in [0.5, 0.6) is 5.75 Å². The second kappa shape index (κ2) is 6.26. The first-order chi connectivity index (χ1) is 8.85. The summed E-state index contributed by atoms with van der Waals surface area (Å²) in [5.74, 6) is 7.05. The lowest BCUT2D eigenvalue weighted by Gasteiger charge is -2.27. The molecule has 0 saturated carbocycles. The third kappa shape index (κ3) is 2.92. The molecular weight excluding hydrogens is 228 g/mol. The van der Waals surface area contributed by atoms with Crippen LogP contribution < -0.4 is 21.3 Å². The van der Waals surface area contributed by atoms with Crippen LogP contribution in [0.1, 0.15) is 31.4 Å². The van der Waals surface area contributed by atoms with Crippen LogP contribution in [0.15, 0.2) is 29.3 Å². The molecule has 1 heterocycles. The minimum Gasteiger partial charge on any atom is -0.493 e. The number of benzene rings is 1. The van der Waals surface area contributed by atoms with Crippen molar-refractivity contribution in [3.63, 3.8) is 0 Å². The molecule has 0 spiro atoms. The molecule has 5 nitrogen and oxygen atoms in total. The van der Waals surface area contributed by atoms with Gasteiger partial charge in [-0.2, -0.15) is 0 Å². The lowest BCUT2D eigenvalue weighted by Crippen LogP contribution is -2.44. The van der Waals surface area contributed by atoms with Crippen molar-refractivity contribution in [3.05, 3.63) is 29.8 Å². The first-order valence-electron chi connectivity index (χ1n) is 6.34. The highest BCUT2D eigenvalue weighted by Crippen LogP contribution is 2.31. The van der Waals surface area contributed by atoms with Crippen LogP contribution in [0.2, 0.25) is 0 Å². The number of ether oxygens (including phenoxy) is 1. The highest BCUT2D eigenvalue weighted by molar-refractivity contribution is 5.79. The van der Waals surface area contributed by atoms with Crippen LogP contribution in [0, 0.1) is 0 Å². The minimum absolute atomic E-state index is 0.196. The Kier molecular flexibility index (Phi) is 4.41. The fourth-order valence-corrected chi connectivity index (χ4v) is 2.01. The second-order valence-electron chi connectivity index (χ2n) is 4.25. The van der Waals surface area contributed by atoms with Crippen molar-refractivity contribution in [3.8, 4) is 5.75 Å². The van der Waals surface area contributed by atoms with Crippen molar-refractivity contribution in [1.29, 1.82) is 0 Å². The monoisotopic (exact) mass is 248 g/mol. The Morgan fingerprint density at radius 2 is 2.33 bits per heavy atom. The van der Waals surface area contributed by atoms with E-state index >= 15 is 0 Å². The number of nitrogens with one attached hydrogen (secondary N) is 2. The normalized spacial score (nSPS) is 18.8. The molecule has 4 N–H and O–H groups in total. The molecule has 0 aliphatic carbocycles. The topological polar surface area (TPSA) is 71.7 Å². The maximum Gasteiger partial charge on any atom is 0.206 e. The highest BCUT2D eigenvalue weighted by Gasteiger charge is 2.21. The van der Waals surface area contributed by atoms with Crippen molar-refractivity contribution < 1.29 is 4.74 Å². The van der Waals surface area contributed by atoms with Crippen LogP contribution >= 0.6 is 0 Å². The average Bonchev–Trinajstić information content (AvgIpc) is 2.43. The van der Waals surface area contributed by atoms with Crippen LogP contribution in [-0.4, -0.2) is 19.1 Å². The van der Waals surface area contributed by atoms with Crippen LogP contribution in [-0.2, 0) is 0 Å². The number of hydrogen-bond donors (Lipinski definition) is 3. The summed E-state index contributed by atoms with van der Waals surface area (Å²) in [7, 11) is 0. The number of para-hydroxylation sites is 1. The summed E-state index contributed by atoms with van der Waals surface area (Å²) >= 11 is 0. The van der Waals surface area contributed by atoms with Gasteiger partial charge in [0.05, 0.1) is 12.6 Å². The Hall–Kier alpha value is -1.75. The van der Waals surface area contributed by atoms with Gasteiger partial charge in [0.2, 0.25) is 5.96 Å². The van der Waals surface area contributed by atoms with Crippen LogP contribution in [0.3, 0.4) is 0 Å². The van der Waals surface area contributed by atoms with Crippen molar-refractivity contribution >= 4 is 5.96 Å². The SMILES string of the molecule is CCCN=C(NN)NC1CCOc2ccccc21. The highest BCUT2D eigenvalue weighted by atomic mass is 16.5. The smallest absolute Gasteiger partial charge is 0.206 e. The quantitative estimate of drug-likeness (QED) is 0.326. The van der Waals surface area contributed by atoms with E-state index in [0.29, 0.717) is 12.6 Å². The molecule has 1 unspecified atom stereocenters. The number of fused-ring (bicyclic) bond motifs is 1. The van der Waals surface area contributed by atoms with Gasteiger partial charge in [-0.1, -0.05) is 25.1 Å². The summed E-state index contributed by atoms with van der Waals surface area (Å²) in [6, 6.07) is 8.25. The summed E-state index contributed by atoms with van der Waals surface area (Å²) in [5.41, 5.74) is 3.77. The Morgan fingerprint density at radius 3 is 3.11 bits per heavy atom. The van der Waals surface area contributed by atoms with Gasteiger partial charge in [0.25, 0.3) is 0 Å². The second-order valence-corrected chi connectivity index (χ2v) is 4.25. The molecule has 0 amide bonds. The number of hydrogen-bond acceptors (Lipinski definition) is 3. The predicted octanol–water partition coefficient (Wildman–Crippen LogP) is 1.33. The van der Waals surface area contributed by atoms with Gasteiger partial charge in [0.15, 0.2) is 0 Å². The number of rotatable bonds is 3. The molecule has 1 aromatic rings. The molecule has 0 aromatic heterocycles. The predicted molar refractivity (Wildman–Crippen MR) is 72.3 cm³/mol. The summed E-state index contributed by atoms with van der Waals surface area (Å²) in [4.78, 5) is 4.36. The fourth-order valence-electron chi connectivity index (χ4n) is 2.01. The molecule has 0 bridgehead atoms. The van der Waals surface area contributed by atoms with Crippen molar-refractivity contribution in [2.24, 2.45) is 10.8 Å². The van der Waals surface area contributed by atoms with E-state index in [4.69, 9.17) is 10.6 Å². The van der Waals surface area contributed by atoms with Crippen molar-refractivity contribution in [1.82, 2.24) is 10.7 Å². The van der Waals surface area contributed by atoms with E-state index in [9.17, 15) is 0 Å². The maximum absolute atomic E-state index is 5.62. The molecular formula is C13H20N4O. The van der Waals surface area contributed by atoms with Crippen LogP contribution in [0.4, 0.5) is 0 Å². The number of hydrazine groups is 1.